The van der Waals surface area contributed by atoms with Crippen molar-refractivity contribution in [1.82, 2.24) is 5.32 Å². The SMILES string of the molecule is COc1cc(C)c([C@@H](C)NC(=O)[C@H]2CC(c3ccccc3)=NO2)cc1OC. The van der Waals surface area contributed by atoms with E-state index in [4.69, 9.17) is 14.3 Å². The van der Waals surface area contributed by atoms with Crippen molar-refractivity contribution in [2.75, 3.05) is 14.2 Å². The van der Waals surface area contributed by atoms with Crippen LogP contribution in [0.5, 0.6) is 11.5 Å². The van der Waals surface area contributed by atoms with Crippen molar-refractivity contribution in [1.29, 1.82) is 0 Å². The highest BCUT2D eigenvalue weighted by molar-refractivity contribution is 6.04. The maximum absolute atomic E-state index is 12.6. The third-order valence-corrected chi connectivity index (χ3v) is 4.67. The van der Waals surface area contributed by atoms with Gasteiger partial charge in [-0.1, -0.05) is 35.5 Å². The highest BCUT2D eigenvalue weighted by atomic mass is 16.6. The molecule has 142 valence electrons. The molecule has 2 atom stereocenters. The molecule has 1 heterocycles. The number of hydrogen-bond donors (Lipinski definition) is 1. The highest BCUT2D eigenvalue weighted by Crippen LogP contribution is 2.33. The number of aryl methyl sites for hydroxylation is 1. The molecule has 27 heavy (non-hydrogen) atoms. The van der Waals surface area contributed by atoms with Crippen LogP contribution in [0, 0.1) is 6.92 Å². The van der Waals surface area contributed by atoms with Gasteiger partial charge < -0.3 is 19.6 Å². The average molecular weight is 368 g/mol. The Kier molecular flexibility index (Phi) is 5.64. The zero-order valence-corrected chi connectivity index (χ0v) is 16.0. The molecule has 6 nitrogen and oxygen atoms in total. The molecule has 0 saturated carbocycles. The van der Waals surface area contributed by atoms with E-state index in [2.05, 4.69) is 10.5 Å². The number of ether oxygens (including phenoxy) is 2. The molecule has 0 unspecified atom stereocenters. The van der Waals surface area contributed by atoms with Crippen molar-refractivity contribution >= 4 is 11.6 Å². The molecule has 6 heteroatoms. The molecule has 2 aromatic rings. The number of oxime groups is 1. The van der Waals surface area contributed by atoms with Crippen LogP contribution < -0.4 is 14.8 Å². The number of rotatable bonds is 6. The molecular weight excluding hydrogens is 344 g/mol. The molecule has 1 aliphatic heterocycles. The van der Waals surface area contributed by atoms with Crippen molar-refractivity contribution in [2.24, 2.45) is 5.16 Å². The number of methoxy groups -OCH3 is 2. The summed E-state index contributed by atoms with van der Waals surface area (Å²) in [7, 11) is 3.19. The second kappa shape index (κ2) is 8.12. The van der Waals surface area contributed by atoms with Gasteiger partial charge in [0.15, 0.2) is 11.5 Å². The Morgan fingerprint density at radius 3 is 2.52 bits per heavy atom. The van der Waals surface area contributed by atoms with Gasteiger partial charge in [0.05, 0.1) is 26.0 Å². The molecule has 1 aliphatic rings. The second-order valence-electron chi connectivity index (χ2n) is 6.50. The summed E-state index contributed by atoms with van der Waals surface area (Å²) in [6, 6.07) is 13.3. The fourth-order valence-electron chi connectivity index (χ4n) is 3.17. The van der Waals surface area contributed by atoms with Crippen LogP contribution in [-0.2, 0) is 9.63 Å². The predicted molar refractivity (Wildman–Crippen MR) is 103 cm³/mol. The maximum atomic E-state index is 12.6. The van der Waals surface area contributed by atoms with Gasteiger partial charge in [0.25, 0.3) is 5.91 Å². The third-order valence-electron chi connectivity index (χ3n) is 4.67. The lowest BCUT2D eigenvalue weighted by molar-refractivity contribution is -0.131. The molecule has 0 saturated heterocycles. The van der Waals surface area contributed by atoms with Gasteiger partial charge in [0.1, 0.15) is 0 Å². The number of carbonyl (C=O) groups is 1. The first-order valence-electron chi connectivity index (χ1n) is 8.84. The summed E-state index contributed by atoms with van der Waals surface area (Å²) in [5.41, 5.74) is 3.72. The Bertz CT molecular complexity index is 849. The Hall–Kier alpha value is -3.02. The van der Waals surface area contributed by atoms with Crippen LogP contribution in [0.15, 0.2) is 47.6 Å². The van der Waals surface area contributed by atoms with Gasteiger partial charge in [-0.25, -0.2) is 0 Å². The molecule has 0 radical (unpaired) electrons. The van der Waals surface area contributed by atoms with E-state index < -0.39 is 6.10 Å². The molecule has 3 rings (SSSR count). The number of nitrogens with one attached hydrogen (secondary N) is 1. The minimum absolute atomic E-state index is 0.189. The lowest BCUT2D eigenvalue weighted by Crippen LogP contribution is -2.36. The van der Waals surface area contributed by atoms with Crippen LogP contribution in [-0.4, -0.2) is 31.9 Å². The second-order valence-corrected chi connectivity index (χ2v) is 6.50. The highest BCUT2D eigenvalue weighted by Gasteiger charge is 2.30. The predicted octanol–water partition coefficient (Wildman–Crippen LogP) is 3.38. The van der Waals surface area contributed by atoms with Crippen LogP contribution in [0.4, 0.5) is 0 Å². The van der Waals surface area contributed by atoms with E-state index in [1.807, 2.05) is 56.3 Å². The summed E-state index contributed by atoms with van der Waals surface area (Å²) in [6.45, 7) is 3.91. The zero-order chi connectivity index (χ0) is 19.4. The molecule has 0 aromatic heterocycles. The summed E-state index contributed by atoms with van der Waals surface area (Å²) >= 11 is 0. The molecule has 1 amide bonds. The minimum atomic E-state index is -0.622. The van der Waals surface area contributed by atoms with Gasteiger partial charge in [-0.3, -0.25) is 4.79 Å². The van der Waals surface area contributed by atoms with Crippen LogP contribution in [0.25, 0.3) is 0 Å². The van der Waals surface area contributed by atoms with E-state index in [0.29, 0.717) is 17.9 Å². The van der Waals surface area contributed by atoms with Gasteiger partial charge in [-0.05, 0) is 42.7 Å². The van der Waals surface area contributed by atoms with Crippen LogP contribution in [0.2, 0.25) is 0 Å². The third kappa shape index (κ3) is 4.05. The lowest BCUT2D eigenvalue weighted by atomic mass is 10.0. The van der Waals surface area contributed by atoms with Crippen molar-refractivity contribution in [3.8, 4) is 11.5 Å². The van der Waals surface area contributed by atoms with Crippen LogP contribution in [0.3, 0.4) is 0 Å². The Labute approximate surface area is 159 Å². The van der Waals surface area contributed by atoms with Crippen molar-refractivity contribution in [3.05, 3.63) is 59.2 Å². The van der Waals surface area contributed by atoms with Gasteiger partial charge >= 0.3 is 0 Å². The first-order chi connectivity index (χ1) is 13.0. The largest absolute Gasteiger partial charge is 0.493 e. The van der Waals surface area contributed by atoms with Gasteiger partial charge in [-0.15, -0.1) is 0 Å². The summed E-state index contributed by atoms with van der Waals surface area (Å²) in [4.78, 5) is 18.0. The molecule has 0 spiro atoms. The number of nitrogens with zero attached hydrogens (tertiary/aromatic N) is 1. The number of carbonyl (C=O) groups excluding carboxylic acids is 1. The monoisotopic (exact) mass is 368 g/mol. The summed E-state index contributed by atoms with van der Waals surface area (Å²) in [5, 5.41) is 7.08. The lowest BCUT2D eigenvalue weighted by Gasteiger charge is -2.20. The zero-order valence-electron chi connectivity index (χ0n) is 16.0. The molecular formula is C21H24N2O4. The molecule has 0 aliphatic carbocycles. The van der Waals surface area contributed by atoms with E-state index in [1.165, 1.54) is 0 Å². The van der Waals surface area contributed by atoms with Crippen molar-refractivity contribution in [3.63, 3.8) is 0 Å². The Morgan fingerprint density at radius 1 is 1.19 bits per heavy atom. The number of hydrogen-bond acceptors (Lipinski definition) is 5. The average Bonchev–Trinajstić information content (AvgIpc) is 3.18. The van der Waals surface area contributed by atoms with Gasteiger partial charge in [0, 0.05) is 6.42 Å². The topological polar surface area (TPSA) is 69.2 Å². The molecule has 0 fully saturated rings. The molecule has 1 N–H and O–H groups in total. The normalized spacial score (nSPS) is 16.9. The van der Waals surface area contributed by atoms with Crippen LogP contribution >= 0.6 is 0 Å². The maximum Gasteiger partial charge on any atom is 0.264 e. The van der Waals surface area contributed by atoms with E-state index in [0.717, 1.165) is 22.4 Å². The molecule has 0 bridgehead atoms. The standard InChI is InChI=1S/C21H24N2O4/c1-13-10-18(25-3)19(26-4)11-16(13)14(2)22-21(24)20-12-17(23-27-20)15-8-6-5-7-9-15/h5-11,14,20H,12H2,1-4H3,(H,22,24)/t14-,20-/m1/s1. The summed E-state index contributed by atoms with van der Waals surface area (Å²) in [6.07, 6.45) is -0.170. The van der Waals surface area contributed by atoms with Gasteiger partial charge in [0.2, 0.25) is 6.10 Å². The first kappa shape index (κ1) is 18.8. The van der Waals surface area contributed by atoms with Crippen LogP contribution in [0.1, 0.15) is 36.1 Å². The van der Waals surface area contributed by atoms with Gasteiger partial charge in [-0.2, -0.15) is 0 Å². The first-order valence-corrected chi connectivity index (χ1v) is 8.84. The van der Waals surface area contributed by atoms with E-state index in [9.17, 15) is 4.79 Å². The number of benzene rings is 2. The number of amides is 1. The minimum Gasteiger partial charge on any atom is -0.493 e. The fourth-order valence-corrected chi connectivity index (χ4v) is 3.17. The Balaban J connectivity index is 1.67. The summed E-state index contributed by atoms with van der Waals surface area (Å²) in [5.74, 6) is 1.11. The fraction of sp³-hybridized carbons (Fsp3) is 0.333. The molecule has 2 aromatic carbocycles. The smallest absolute Gasteiger partial charge is 0.264 e. The van der Waals surface area contributed by atoms with E-state index in [1.54, 1.807) is 14.2 Å². The Morgan fingerprint density at radius 2 is 1.85 bits per heavy atom. The van der Waals surface area contributed by atoms with Crippen molar-refractivity contribution < 1.29 is 19.1 Å². The summed E-state index contributed by atoms with van der Waals surface area (Å²) < 4.78 is 10.7. The van der Waals surface area contributed by atoms with E-state index >= 15 is 0 Å². The van der Waals surface area contributed by atoms with E-state index in [-0.39, 0.29) is 11.9 Å². The quantitative estimate of drug-likeness (QED) is 0.849. The van der Waals surface area contributed by atoms with Crippen molar-refractivity contribution in [2.45, 2.75) is 32.4 Å².